The molecule has 7 heteroatoms. The maximum atomic E-state index is 4.11. The third-order valence-electron chi connectivity index (χ3n) is 4.10. The maximum Gasteiger partial charge on any atom is 0.153 e. The molecule has 114 valence electrons. The summed E-state index contributed by atoms with van der Waals surface area (Å²) in [5.74, 6) is 0. The lowest BCUT2D eigenvalue weighted by atomic mass is 10.0. The highest BCUT2D eigenvalue weighted by atomic mass is 79.9. The van der Waals surface area contributed by atoms with Crippen molar-refractivity contribution in [2.24, 2.45) is 7.05 Å². The van der Waals surface area contributed by atoms with Crippen LogP contribution in [0.1, 0.15) is 25.1 Å². The van der Waals surface area contributed by atoms with E-state index < -0.39 is 0 Å². The van der Waals surface area contributed by atoms with Crippen molar-refractivity contribution < 1.29 is 0 Å². The van der Waals surface area contributed by atoms with Gasteiger partial charge in [-0.1, -0.05) is 12.1 Å². The maximum absolute atomic E-state index is 4.11. The van der Waals surface area contributed by atoms with E-state index in [-0.39, 0.29) is 6.04 Å². The van der Waals surface area contributed by atoms with Crippen LogP contribution >= 0.6 is 15.9 Å². The van der Waals surface area contributed by atoms with Gasteiger partial charge in [-0.25, -0.2) is 4.68 Å². The van der Waals surface area contributed by atoms with E-state index >= 15 is 0 Å². The summed E-state index contributed by atoms with van der Waals surface area (Å²) in [5.41, 5.74) is 1.13. The van der Waals surface area contributed by atoms with Crippen molar-refractivity contribution in [2.45, 2.75) is 25.4 Å². The van der Waals surface area contributed by atoms with Crippen molar-refractivity contribution >= 4 is 15.9 Å². The van der Waals surface area contributed by atoms with Gasteiger partial charge in [0.1, 0.15) is 0 Å². The fourth-order valence-corrected chi connectivity index (χ4v) is 3.48. The molecule has 1 saturated heterocycles. The molecule has 20 heavy (non-hydrogen) atoms. The van der Waals surface area contributed by atoms with E-state index in [1.807, 2.05) is 11.7 Å². The molecule has 1 aliphatic heterocycles. The SMILES string of the molecule is CCNC(CC1CN(C)CCN1C)c1c(Br)nnn1C. The van der Waals surface area contributed by atoms with E-state index in [2.05, 4.69) is 62.4 Å². The number of piperazine rings is 1. The third kappa shape index (κ3) is 3.58. The summed E-state index contributed by atoms with van der Waals surface area (Å²) in [6, 6.07) is 0.827. The van der Waals surface area contributed by atoms with Crippen molar-refractivity contribution in [1.82, 2.24) is 30.1 Å². The van der Waals surface area contributed by atoms with Gasteiger partial charge in [0.25, 0.3) is 0 Å². The number of rotatable bonds is 5. The van der Waals surface area contributed by atoms with Crippen molar-refractivity contribution in [3.8, 4) is 0 Å². The number of aryl methyl sites for hydroxylation is 1. The lowest BCUT2D eigenvalue weighted by Crippen LogP contribution is -2.51. The van der Waals surface area contributed by atoms with Crippen LogP contribution in [-0.4, -0.2) is 71.1 Å². The average molecular weight is 345 g/mol. The molecule has 0 bridgehead atoms. The molecule has 1 aromatic heterocycles. The Hall–Kier alpha value is -0.500. The molecule has 2 rings (SSSR count). The van der Waals surface area contributed by atoms with Crippen molar-refractivity contribution in [1.29, 1.82) is 0 Å². The van der Waals surface area contributed by atoms with Crippen LogP contribution in [-0.2, 0) is 7.05 Å². The quantitative estimate of drug-likeness (QED) is 0.858. The van der Waals surface area contributed by atoms with Crippen LogP contribution in [0.15, 0.2) is 4.60 Å². The minimum atomic E-state index is 0.272. The number of nitrogens with one attached hydrogen (secondary N) is 1. The first kappa shape index (κ1) is 15.9. The standard InChI is InChI=1S/C13H25BrN6/c1-5-15-11(12-13(14)16-17-20(12)4)8-10-9-18(2)6-7-19(10)3/h10-11,15H,5-9H2,1-4H3. The molecule has 0 aliphatic carbocycles. The molecule has 0 saturated carbocycles. The molecule has 1 N–H and O–H groups in total. The van der Waals surface area contributed by atoms with Crippen LogP contribution in [0.5, 0.6) is 0 Å². The minimum Gasteiger partial charge on any atom is -0.309 e. The van der Waals surface area contributed by atoms with Gasteiger partial charge in [-0.05, 0) is 43.0 Å². The molecule has 1 aliphatic rings. The highest BCUT2D eigenvalue weighted by molar-refractivity contribution is 9.10. The fraction of sp³-hybridized carbons (Fsp3) is 0.846. The monoisotopic (exact) mass is 344 g/mol. The molecule has 2 unspecified atom stereocenters. The second kappa shape index (κ2) is 6.98. The first-order valence-electron chi connectivity index (χ1n) is 7.20. The number of hydrogen-bond donors (Lipinski definition) is 1. The Morgan fingerprint density at radius 1 is 1.35 bits per heavy atom. The molecule has 0 aromatic carbocycles. The van der Waals surface area contributed by atoms with E-state index in [0.29, 0.717) is 6.04 Å². The van der Waals surface area contributed by atoms with E-state index in [9.17, 15) is 0 Å². The highest BCUT2D eigenvalue weighted by Crippen LogP contribution is 2.26. The summed E-state index contributed by atoms with van der Waals surface area (Å²) in [6.07, 6.45) is 1.06. The molecular weight excluding hydrogens is 320 g/mol. The van der Waals surface area contributed by atoms with Gasteiger partial charge in [0, 0.05) is 32.7 Å². The Balaban J connectivity index is 2.13. The molecular formula is C13H25BrN6. The van der Waals surface area contributed by atoms with Crippen LogP contribution < -0.4 is 5.32 Å². The number of hydrogen-bond acceptors (Lipinski definition) is 5. The van der Waals surface area contributed by atoms with Gasteiger partial charge in [0.15, 0.2) is 4.60 Å². The van der Waals surface area contributed by atoms with Gasteiger partial charge in [-0.3, -0.25) is 0 Å². The number of nitrogens with zero attached hydrogens (tertiary/aromatic N) is 5. The zero-order valence-electron chi connectivity index (χ0n) is 12.8. The summed E-state index contributed by atoms with van der Waals surface area (Å²) in [6.45, 7) is 6.47. The fourth-order valence-electron chi connectivity index (χ4n) is 2.87. The van der Waals surface area contributed by atoms with Gasteiger partial charge < -0.3 is 15.1 Å². The van der Waals surface area contributed by atoms with E-state index in [1.165, 1.54) is 0 Å². The highest BCUT2D eigenvalue weighted by Gasteiger charge is 2.28. The Bertz CT molecular complexity index is 415. The topological polar surface area (TPSA) is 49.2 Å². The average Bonchev–Trinajstić information content (AvgIpc) is 2.73. The summed E-state index contributed by atoms with van der Waals surface area (Å²) in [5, 5.41) is 11.8. The van der Waals surface area contributed by atoms with Crippen LogP contribution in [0.2, 0.25) is 0 Å². The molecule has 2 atom stereocenters. The first-order valence-corrected chi connectivity index (χ1v) is 7.99. The molecule has 0 amide bonds. The lowest BCUT2D eigenvalue weighted by molar-refractivity contribution is 0.100. The summed E-state index contributed by atoms with van der Waals surface area (Å²) in [7, 11) is 6.37. The smallest absolute Gasteiger partial charge is 0.153 e. The Labute approximate surface area is 129 Å². The Morgan fingerprint density at radius 2 is 2.10 bits per heavy atom. The van der Waals surface area contributed by atoms with E-state index in [4.69, 9.17) is 0 Å². The molecule has 0 spiro atoms. The van der Waals surface area contributed by atoms with Crippen LogP contribution in [0.3, 0.4) is 0 Å². The molecule has 1 fully saturated rings. The number of aromatic nitrogens is 3. The van der Waals surface area contributed by atoms with Gasteiger partial charge in [0.05, 0.1) is 11.7 Å². The first-order chi connectivity index (χ1) is 9.52. The second-order valence-electron chi connectivity index (χ2n) is 5.63. The van der Waals surface area contributed by atoms with Gasteiger partial charge in [-0.2, -0.15) is 0 Å². The van der Waals surface area contributed by atoms with Gasteiger partial charge >= 0.3 is 0 Å². The molecule has 0 radical (unpaired) electrons. The van der Waals surface area contributed by atoms with Crippen LogP contribution in [0.25, 0.3) is 0 Å². The van der Waals surface area contributed by atoms with E-state index in [0.717, 1.165) is 42.9 Å². The largest absolute Gasteiger partial charge is 0.309 e. The summed E-state index contributed by atoms with van der Waals surface area (Å²) >= 11 is 3.52. The lowest BCUT2D eigenvalue weighted by Gasteiger charge is -2.39. The molecule has 2 heterocycles. The van der Waals surface area contributed by atoms with Crippen molar-refractivity contribution in [3.63, 3.8) is 0 Å². The zero-order valence-corrected chi connectivity index (χ0v) is 14.4. The van der Waals surface area contributed by atoms with Crippen LogP contribution in [0.4, 0.5) is 0 Å². The normalized spacial score (nSPS) is 23.1. The zero-order chi connectivity index (χ0) is 14.7. The van der Waals surface area contributed by atoms with Crippen LogP contribution in [0, 0.1) is 0 Å². The Kier molecular flexibility index (Phi) is 5.54. The van der Waals surface area contributed by atoms with Gasteiger partial charge in [0.2, 0.25) is 0 Å². The van der Waals surface area contributed by atoms with Crippen molar-refractivity contribution in [2.75, 3.05) is 40.3 Å². The number of likely N-dealkylation sites (N-methyl/N-ethyl adjacent to an activating group) is 2. The van der Waals surface area contributed by atoms with E-state index in [1.54, 1.807) is 0 Å². The summed E-state index contributed by atoms with van der Waals surface area (Å²) in [4.78, 5) is 4.87. The van der Waals surface area contributed by atoms with Crippen molar-refractivity contribution in [3.05, 3.63) is 10.3 Å². The predicted molar refractivity (Wildman–Crippen MR) is 83.7 cm³/mol. The Morgan fingerprint density at radius 3 is 2.70 bits per heavy atom. The molecule has 6 nitrogen and oxygen atoms in total. The predicted octanol–water partition coefficient (Wildman–Crippen LogP) is 0.864. The third-order valence-corrected chi connectivity index (χ3v) is 4.66. The second-order valence-corrected chi connectivity index (χ2v) is 6.38. The minimum absolute atomic E-state index is 0.272. The number of halogens is 1. The summed E-state index contributed by atoms with van der Waals surface area (Å²) < 4.78 is 2.71. The molecule has 1 aromatic rings. The van der Waals surface area contributed by atoms with Gasteiger partial charge in [-0.15, -0.1) is 5.10 Å².